The van der Waals surface area contributed by atoms with E-state index in [2.05, 4.69) is 0 Å². The van der Waals surface area contributed by atoms with Crippen molar-refractivity contribution in [1.82, 2.24) is 0 Å². The number of aliphatic hydroxyl groups is 1. The van der Waals surface area contributed by atoms with E-state index in [-0.39, 0.29) is 13.4 Å². The maximum atomic E-state index is 8.51. The Morgan fingerprint density at radius 3 is 3.00 bits per heavy atom. The minimum atomic E-state index is 0.0322. The monoisotopic (exact) mass is 208 g/mol. The van der Waals surface area contributed by atoms with Crippen LogP contribution in [0.15, 0.2) is 30.4 Å². The second kappa shape index (κ2) is 4.70. The zero-order valence-corrected chi connectivity index (χ0v) is 8.18. The predicted octanol–water partition coefficient (Wildman–Crippen LogP) is 1.34. The van der Waals surface area contributed by atoms with Gasteiger partial charge in [-0.3, -0.25) is 0 Å². The Labute approximate surface area is 87.7 Å². The van der Waals surface area contributed by atoms with Crippen LogP contribution < -0.4 is 14.2 Å². The predicted molar refractivity (Wildman–Crippen MR) is 54.3 cm³/mol. The average Bonchev–Trinajstić information content (AvgIpc) is 2.71. The second-order valence-electron chi connectivity index (χ2n) is 2.98. The van der Waals surface area contributed by atoms with Gasteiger partial charge >= 0.3 is 0 Å². The molecule has 80 valence electrons. The third-order valence-electron chi connectivity index (χ3n) is 1.96. The summed E-state index contributed by atoms with van der Waals surface area (Å²) in [5, 5.41) is 8.51. The van der Waals surface area contributed by atoms with Crippen molar-refractivity contribution in [2.45, 2.75) is 0 Å². The molecule has 0 fully saturated rings. The molecule has 0 saturated carbocycles. The summed E-state index contributed by atoms with van der Waals surface area (Å²) in [6.07, 6.45) is 3.39. The number of aliphatic hydroxyl groups excluding tert-OH is 1. The van der Waals surface area contributed by atoms with Crippen molar-refractivity contribution in [2.24, 2.45) is 0 Å². The summed E-state index contributed by atoms with van der Waals surface area (Å²) < 4.78 is 15.8. The van der Waals surface area contributed by atoms with Crippen LogP contribution in [0, 0.1) is 0 Å². The summed E-state index contributed by atoms with van der Waals surface area (Å²) in [5.41, 5.74) is 0. The molecule has 0 spiro atoms. The Morgan fingerprint density at radius 2 is 2.13 bits per heavy atom. The van der Waals surface area contributed by atoms with Gasteiger partial charge in [0.1, 0.15) is 12.4 Å². The zero-order chi connectivity index (χ0) is 10.5. The molecule has 0 atom stereocenters. The Hall–Kier alpha value is -1.68. The average molecular weight is 208 g/mol. The van der Waals surface area contributed by atoms with Crippen molar-refractivity contribution in [3.63, 3.8) is 0 Å². The van der Waals surface area contributed by atoms with Gasteiger partial charge in [-0.05, 0) is 18.2 Å². The van der Waals surface area contributed by atoms with E-state index in [9.17, 15) is 0 Å². The van der Waals surface area contributed by atoms with E-state index >= 15 is 0 Å². The van der Waals surface area contributed by atoms with Gasteiger partial charge in [0.05, 0.1) is 6.61 Å². The summed E-state index contributed by atoms with van der Waals surface area (Å²) in [6.45, 7) is 0.730. The van der Waals surface area contributed by atoms with E-state index < -0.39 is 0 Å². The molecule has 0 aliphatic carbocycles. The lowest BCUT2D eigenvalue weighted by Gasteiger charge is -2.03. The molecule has 0 radical (unpaired) electrons. The first-order valence-electron chi connectivity index (χ1n) is 4.68. The molecular formula is C11H12O4. The van der Waals surface area contributed by atoms with Gasteiger partial charge in [-0.25, -0.2) is 0 Å². The van der Waals surface area contributed by atoms with Gasteiger partial charge < -0.3 is 19.3 Å². The Balaban J connectivity index is 1.95. The molecular weight excluding hydrogens is 196 g/mol. The standard InChI is InChI=1S/C11H12O4/c12-5-1-2-6-13-9-3-4-10-11(7-9)15-8-14-10/h1-4,7,12H,5-6,8H2/b2-1+. The number of hydrogen-bond donors (Lipinski definition) is 1. The van der Waals surface area contributed by atoms with Gasteiger partial charge in [0, 0.05) is 6.07 Å². The third-order valence-corrected chi connectivity index (χ3v) is 1.96. The summed E-state index contributed by atoms with van der Waals surface area (Å²) in [4.78, 5) is 0. The lowest BCUT2D eigenvalue weighted by molar-refractivity contribution is 0.174. The van der Waals surface area contributed by atoms with Crippen LogP contribution in [0.3, 0.4) is 0 Å². The highest BCUT2D eigenvalue weighted by Crippen LogP contribution is 2.34. The molecule has 0 bridgehead atoms. The van der Waals surface area contributed by atoms with Crippen LogP contribution in [0.1, 0.15) is 0 Å². The first-order valence-corrected chi connectivity index (χ1v) is 4.68. The second-order valence-corrected chi connectivity index (χ2v) is 2.98. The van der Waals surface area contributed by atoms with Gasteiger partial charge in [-0.2, -0.15) is 0 Å². The molecule has 1 aliphatic rings. The molecule has 1 N–H and O–H groups in total. The zero-order valence-electron chi connectivity index (χ0n) is 8.18. The molecule has 4 heteroatoms. The summed E-state index contributed by atoms with van der Waals surface area (Å²) >= 11 is 0. The van der Waals surface area contributed by atoms with Gasteiger partial charge in [0.2, 0.25) is 6.79 Å². The van der Waals surface area contributed by atoms with Gasteiger partial charge in [-0.1, -0.05) is 6.08 Å². The number of rotatable bonds is 4. The van der Waals surface area contributed by atoms with Crippen LogP contribution in [0.2, 0.25) is 0 Å². The van der Waals surface area contributed by atoms with Crippen molar-refractivity contribution in [1.29, 1.82) is 0 Å². The molecule has 0 amide bonds. The molecule has 1 heterocycles. The lowest BCUT2D eigenvalue weighted by atomic mass is 10.3. The van der Waals surface area contributed by atoms with Crippen molar-refractivity contribution in [2.75, 3.05) is 20.0 Å². The van der Waals surface area contributed by atoms with E-state index in [0.29, 0.717) is 12.4 Å². The highest BCUT2D eigenvalue weighted by Gasteiger charge is 2.13. The third kappa shape index (κ3) is 2.41. The Kier molecular flexibility index (Phi) is 3.09. The fourth-order valence-corrected chi connectivity index (χ4v) is 1.25. The molecule has 0 aromatic heterocycles. The first kappa shape index (κ1) is 9.86. The highest BCUT2D eigenvalue weighted by atomic mass is 16.7. The van der Waals surface area contributed by atoms with Crippen LogP contribution in [0.4, 0.5) is 0 Å². The molecule has 1 aromatic rings. The van der Waals surface area contributed by atoms with Gasteiger partial charge in [-0.15, -0.1) is 0 Å². The van der Waals surface area contributed by atoms with E-state index in [1.54, 1.807) is 18.2 Å². The maximum absolute atomic E-state index is 8.51. The van der Waals surface area contributed by atoms with Crippen molar-refractivity contribution < 1.29 is 19.3 Å². The molecule has 15 heavy (non-hydrogen) atoms. The lowest BCUT2D eigenvalue weighted by Crippen LogP contribution is -1.94. The van der Waals surface area contributed by atoms with Crippen LogP contribution in [-0.2, 0) is 0 Å². The summed E-state index contributed by atoms with van der Waals surface area (Å²) in [5.74, 6) is 2.17. The van der Waals surface area contributed by atoms with Crippen molar-refractivity contribution in [3.05, 3.63) is 30.4 Å². The van der Waals surface area contributed by atoms with Gasteiger partial charge in [0.25, 0.3) is 0 Å². The molecule has 4 nitrogen and oxygen atoms in total. The molecule has 1 aromatic carbocycles. The van der Waals surface area contributed by atoms with E-state index in [1.807, 2.05) is 12.1 Å². The molecule has 1 aliphatic heterocycles. The fraction of sp³-hybridized carbons (Fsp3) is 0.273. The van der Waals surface area contributed by atoms with Crippen LogP contribution in [0.25, 0.3) is 0 Å². The maximum Gasteiger partial charge on any atom is 0.231 e. The Morgan fingerprint density at radius 1 is 1.27 bits per heavy atom. The number of hydrogen-bond acceptors (Lipinski definition) is 4. The van der Waals surface area contributed by atoms with Gasteiger partial charge in [0.15, 0.2) is 11.5 Å². The van der Waals surface area contributed by atoms with Crippen LogP contribution in [-0.4, -0.2) is 25.1 Å². The Bertz CT molecular complexity index is 360. The number of benzene rings is 1. The van der Waals surface area contributed by atoms with E-state index in [4.69, 9.17) is 19.3 Å². The fourth-order valence-electron chi connectivity index (χ4n) is 1.25. The number of ether oxygens (including phenoxy) is 3. The largest absolute Gasteiger partial charge is 0.489 e. The number of fused-ring (bicyclic) bond motifs is 1. The smallest absolute Gasteiger partial charge is 0.231 e. The van der Waals surface area contributed by atoms with E-state index in [0.717, 1.165) is 11.5 Å². The van der Waals surface area contributed by atoms with E-state index in [1.165, 1.54) is 0 Å². The molecule has 2 rings (SSSR count). The highest BCUT2D eigenvalue weighted by molar-refractivity contribution is 5.46. The van der Waals surface area contributed by atoms with Crippen molar-refractivity contribution >= 4 is 0 Å². The summed E-state index contributed by atoms with van der Waals surface area (Å²) in [6, 6.07) is 5.42. The SMILES string of the molecule is OC/C=C/COc1ccc2c(c1)OCO2. The molecule has 0 saturated heterocycles. The van der Waals surface area contributed by atoms with Crippen LogP contribution in [0.5, 0.6) is 17.2 Å². The minimum Gasteiger partial charge on any atom is -0.489 e. The van der Waals surface area contributed by atoms with Crippen LogP contribution >= 0.6 is 0 Å². The summed E-state index contributed by atoms with van der Waals surface area (Å²) in [7, 11) is 0. The topological polar surface area (TPSA) is 47.9 Å². The molecule has 0 unspecified atom stereocenters. The minimum absolute atomic E-state index is 0.0322. The normalized spacial score (nSPS) is 13.4. The first-order chi connectivity index (χ1) is 7.40. The quantitative estimate of drug-likeness (QED) is 0.758. The van der Waals surface area contributed by atoms with Crippen molar-refractivity contribution in [3.8, 4) is 17.2 Å².